The first kappa shape index (κ1) is 28.0. The summed E-state index contributed by atoms with van der Waals surface area (Å²) in [7, 11) is 5.69. The van der Waals surface area contributed by atoms with Gasteiger partial charge in [0.05, 0.1) is 18.2 Å². The van der Waals surface area contributed by atoms with Gasteiger partial charge < -0.3 is 19.3 Å². The lowest BCUT2D eigenvalue weighted by atomic mass is 10.0. The highest BCUT2D eigenvalue weighted by atomic mass is 35.5. The molecule has 0 saturated carbocycles. The Morgan fingerprint density at radius 1 is 1.22 bits per heavy atom. The molecule has 0 spiro atoms. The number of allylic oxidation sites excluding steroid dienone is 2. The molecule has 1 amide bonds. The van der Waals surface area contributed by atoms with Crippen molar-refractivity contribution in [1.82, 2.24) is 19.8 Å². The molecular formula is C29H35ClN4O3. The van der Waals surface area contributed by atoms with Crippen molar-refractivity contribution < 1.29 is 14.3 Å². The number of hydrogen-bond donors (Lipinski definition) is 0. The molecule has 2 heterocycles. The van der Waals surface area contributed by atoms with E-state index in [0.717, 1.165) is 39.0 Å². The lowest BCUT2D eigenvalue weighted by Crippen LogP contribution is -2.28. The molecule has 1 aromatic carbocycles. The summed E-state index contributed by atoms with van der Waals surface area (Å²) >= 11 is 6.53. The first-order chi connectivity index (χ1) is 17.6. The van der Waals surface area contributed by atoms with Gasteiger partial charge in [0.15, 0.2) is 0 Å². The first-order valence-corrected chi connectivity index (χ1v) is 12.5. The van der Waals surface area contributed by atoms with E-state index in [4.69, 9.17) is 26.1 Å². The van der Waals surface area contributed by atoms with Crippen molar-refractivity contribution in [2.75, 3.05) is 27.7 Å². The van der Waals surface area contributed by atoms with Crippen LogP contribution in [0.4, 0.5) is 4.79 Å². The van der Waals surface area contributed by atoms with Crippen LogP contribution in [0, 0.1) is 12.8 Å². The normalized spacial score (nSPS) is 11.5. The molecule has 196 valence electrons. The third kappa shape index (κ3) is 7.01. The van der Waals surface area contributed by atoms with E-state index in [2.05, 4.69) is 22.5 Å². The minimum Gasteiger partial charge on any atom is -0.487 e. The van der Waals surface area contributed by atoms with E-state index in [1.54, 1.807) is 25.5 Å². The second-order valence-electron chi connectivity index (χ2n) is 9.52. The summed E-state index contributed by atoms with van der Waals surface area (Å²) in [6, 6.07) is 7.95. The lowest BCUT2D eigenvalue weighted by Gasteiger charge is -2.21. The summed E-state index contributed by atoms with van der Waals surface area (Å²) in [5.41, 5.74) is 5.24. The molecule has 37 heavy (non-hydrogen) atoms. The van der Waals surface area contributed by atoms with Gasteiger partial charge in [0.2, 0.25) is 0 Å². The van der Waals surface area contributed by atoms with Gasteiger partial charge in [0, 0.05) is 61.4 Å². The number of nitrogens with zero attached hydrogens (tertiary/aromatic N) is 4. The highest BCUT2D eigenvalue weighted by Crippen LogP contribution is 2.33. The van der Waals surface area contributed by atoms with Crippen LogP contribution in [0.25, 0.3) is 16.6 Å². The zero-order valence-corrected chi connectivity index (χ0v) is 23.2. The number of halogens is 1. The van der Waals surface area contributed by atoms with Gasteiger partial charge in [-0.1, -0.05) is 50.2 Å². The van der Waals surface area contributed by atoms with E-state index in [0.29, 0.717) is 23.9 Å². The van der Waals surface area contributed by atoms with E-state index in [-0.39, 0.29) is 12.5 Å². The monoisotopic (exact) mass is 522 g/mol. The molecule has 0 fully saturated rings. The Kier molecular flexibility index (Phi) is 9.53. The second kappa shape index (κ2) is 12.6. The molecule has 3 rings (SSSR count). The van der Waals surface area contributed by atoms with Crippen LogP contribution >= 0.6 is 11.6 Å². The van der Waals surface area contributed by atoms with Gasteiger partial charge in [0.1, 0.15) is 17.9 Å². The Morgan fingerprint density at radius 2 is 1.97 bits per heavy atom. The van der Waals surface area contributed by atoms with E-state index in [9.17, 15) is 4.79 Å². The number of carbonyl (C=O) groups is 1. The Labute approximate surface area is 224 Å². The number of carbonyl (C=O) groups excluding carboxylic acids is 1. The summed E-state index contributed by atoms with van der Waals surface area (Å²) < 4.78 is 11.6. The van der Waals surface area contributed by atoms with Crippen LogP contribution in [0.15, 0.2) is 55.4 Å². The summed E-state index contributed by atoms with van der Waals surface area (Å²) in [6.45, 7) is 10.7. The summed E-state index contributed by atoms with van der Waals surface area (Å²) in [5.74, 6) is 0.899. The predicted octanol–water partition coefficient (Wildman–Crippen LogP) is 6.48. The van der Waals surface area contributed by atoms with Gasteiger partial charge in [-0.2, -0.15) is 0 Å². The molecule has 0 N–H and O–H groups in total. The lowest BCUT2D eigenvalue weighted by molar-refractivity contribution is 0.0978. The highest BCUT2D eigenvalue weighted by molar-refractivity contribution is 6.31. The fourth-order valence-corrected chi connectivity index (χ4v) is 4.12. The van der Waals surface area contributed by atoms with Gasteiger partial charge in [-0.15, -0.1) is 0 Å². The van der Waals surface area contributed by atoms with Crippen molar-refractivity contribution in [1.29, 1.82) is 0 Å². The Morgan fingerprint density at radius 3 is 2.65 bits per heavy atom. The number of para-hydroxylation sites is 1. The van der Waals surface area contributed by atoms with Crippen molar-refractivity contribution >= 4 is 34.3 Å². The van der Waals surface area contributed by atoms with E-state index >= 15 is 0 Å². The molecule has 2 aromatic heterocycles. The zero-order chi connectivity index (χ0) is 27.1. The van der Waals surface area contributed by atoms with Gasteiger partial charge in [-0.05, 0) is 36.6 Å². The van der Waals surface area contributed by atoms with E-state index < -0.39 is 6.09 Å². The quantitative estimate of drug-likeness (QED) is 0.284. The van der Waals surface area contributed by atoms with Crippen molar-refractivity contribution in [2.45, 2.75) is 33.9 Å². The number of amides is 1. The minimum absolute atomic E-state index is 0.193. The molecule has 0 aliphatic carbocycles. The predicted molar refractivity (Wildman–Crippen MR) is 150 cm³/mol. The second-order valence-corrected chi connectivity index (χ2v) is 9.93. The highest BCUT2D eigenvalue weighted by Gasteiger charge is 2.18. The van der Waals surface area contributed by atoms with Crippen LogP contribution in [0.2, 0.25) is 5.02 Å². The molecule has 0 unspecified atom stereocenters. The van der Waals surface area contributed by atoms with Gasteiger partial charge in [-0.3, -0.25) is 4.98 Å². The molecule has 8 heteroatoms. The van der Waals surface area contributed by atoms with Crippen LogP contribution in [0.1, 0.15) is 36.2 Å². The van der Waals surface area contributed by atoms with Gasteiger partial charge >= 0.3 is 6.09 Å². The molecule has 0 radical (unpaired) electrons. The van der Waals surface area contributed by atoms with Crippen LogP contribution in [-0.4, -0.2) is 53.6 Å². The fourth-order valence-electron chi connectivity index (χ4n) is 3.89. The minimum atomic E-state index is -0.397. The molecule has 0 saturated heterocycles. The number of pyridine rings is 2. The standard InChI is InChI=1S/C29H35ClN4O3/c1-8-10-26(33(5)6)23-13-20(4)32-28-22(23)11-9-12-27(28)36-18-24-21(14-31-15-25(24)30)16-34(7)29(35)37-17-19(2)3/h8-15,19H,1,16-18H2,2-7H3/b26-10-. The number of ether oxygens (including phenoxy) is 2. The molecular weight excluding hydrogens is 488 g/mol. The first-order valence-electron chi connectivity index (χ1n) is 12.1. The summed E-state index contributed by atoms with van der Waals surface area (Å²) in [4.78, 5) is 24.9. The fraction of sp³-hybridized carbons (Fsp3) is 0.345. The van der Waals surface area contributed by atoms with Crippen LogP contribution in [-0.2, 0) is 17.9 Å². The molecule has 0 aliphatic rings. The van der Waals surface area contributed by atoms with Crippen LogP contribution in [0.5, 0.6) is 5.75 Å². The smallest absolute Gasteiger partial charge is 0.409 e. The molecule has 0 atom stereocenters. The largest absolute Gasteiger partial charge is 0.487 e. The van der Waals surface area contributed by atoms with E-state index in [1.165, 1.54) is 4.90 Å². The number of aromatic nitrogens is 2. The number of rotatable bonds is 10. The number of aryl methyl sites for hydroxylation is 1. The van der Waals surface area contributed by atoms with E-state index in [1.807, 2.05) is 59.1 Å². The van der Waals surface area contributed by atoms with Crippen LogP contribution in [0.3, 0.4) is 0 Å². The average Bonchev–Trinajstić information content (AvgIpc) is 2.84. The van der Waals surface area contributed by atoms with Crippen molar-refractivity contribution in [3.63, 3.8) is 0 Å². The zero-order valence-electron chi connectivity index (χ0n) is 22.4. The van der Waals surface area contributed by atoms with Crippen molar-refractivity contribution in [2.24, 2.45) is 5.92 Å². The molecule has 0 bridgehead atoms. The Hall–Kier alpha value is -3.58. The number of fused-ring (bicyclic) bond motifs is 1. The maximum Gasteiger partial charge on any atom is 0.409 e. The molecule has 7 nitrogen and oxygen atoms in total. The Balaban J connectivity index is 1.91. The van der Waals surface area contributed by atoms with Gasteiger partial charge in [-0.25, -0.2) is 9.78 Å². The van der Waals surface area contributed by atoms with Crippen molar-refractivity contribution in [3.8, 4) is 5.75 Å². The van der Waals surface area contributed by atoms with Crippen molar-refractivity contribution in [3.05, 3.63) is 82.8 Å². The summed E-state index contributed by atoms with van der Waals surface area (Å²) in [5, 5.41) is 1.44. The third-order valence-corrected chi connectivity index (χ3v) is 6.02. The maximum atomic E-state index is 12.4. The summed E-state index contributed by atoms with van der Waals surface area (Å²) in [6.07, 6.45) is 6.64. The third-order valence-electron chi connectivity index (χ3n) is 5.69. The van der Waals surface area contributed by atoms with Gasteiger partial charge in [0.25, 0.3) is 0 Å². The molecule has 0 aliphatic heterocycles. The number of hydrogen-bond acceptors (Lipinski definition) is 6. The van der Waals surface area contributed by atoms with Crippen LogP contribution < -0.4 is 4.74 Å². The molecule has 3 aromatic rings. The maximum absolute atomic E-state index is 12.4. The average molecular weight is 523 g/mol. The Bertz CT molecular complexity index is 1300. The topological polar surface area (TPSA) is 67.8 Å². The number of benzene rings is 1. The SMILES string of the molecule is C=C/C=C(/c1cc(C)nc2c(OCc3c(Cl)cncc3CN(C)C(=O)OCC(C)C)cccc12)N(C)C.